The number of hydrogen-bond acceptors (Lipinski definition) is 0. The average molecular weight is 1330 g/mol. The summed E-state index contributed by atoms with van der Waals surface area (Å²) in [4.78, 5) is 0. The first-order valence-electron chi connectivity index (χ1n) is 36.5. The van der Waals surface area contributed by atoms with E-state index in [4.69, 9.17) is 0 Å². The first kappa shape index (κ1) is 64.9. The molecule has 0 aliphatic heterocycles. The standard InChI is InChI=1S/2C52H40/c1-52(2,3)43-29-26-37(27-30-43)50-45-18-10-12-20-47(45)51(48-21-13-11-19-46(48)50)42-25-23-38-32-41(24-22-39(38)33-42)49-34-40(35-14-6-4-7-15-35)28-31-44(49)36-16-8-5-9-17-36;1-52(2,3)43-30-28-36(29-31-43)50-46-20-9-11-22-48(46)51(49-23-12-10-21-47(49)50)42-27-25-38-33-41(26-24-39(38)34-42)45-19-8-7-18-44(45)40-17-13-16-37(32-40)35-14-5-4-6-15-35/h2*4-34H,1-3H3. The molecule has 0 heterocycles. The lowest BCUT2D eigenvalue weighted by molar-refractivity contribution is 0.590. The molecule has 18 aromatic carbocycles. The highest BCUT2D eigenvalue weighted by molar-refractivity contribution is 6.23. The molecule has 0 aliphatic carbocycles. The summed E-state index contributed by atoms with van der Waals surface area (Å²) in [5, 5.41) is 15.2. The summed E-state index contributed by atoms with van der Waals surface area (Å²) in [6.07, 6.45) is 0. The van der Waals surface area contributed by atoms with Crippen LogP contribution in [0, 0.1) is 0 Å². The van der Waals surface area contributed by atoms with Gasteiger partial charge in [0, 0.05) is 0 Å². The molecule has 0 amide bonds. The zero-order chi connectivity index (χ0) is 70.5. The molecule has 0 saturated heterocycles. The van der Waals surface area contributed by atoms with Crippen LogP contribution in [0.4, 0.5) is 0 Å². The fourth-order valence-electron chi connectivity index (χ4n) is 15.9. The lowest BCUT2D eigenvalue weighted by Gasteiger charge is -2.21. The second kappa shape index (κ2) is 27.1. The molecule has 0 spiro atoms. The molecule has 0 heteroatoms. The predicted molar refractivity (Wildman–Crippen MR) is 450 cm³/mol. The molecule has 18 aromatic rings. The number of rotatable bonds is 10. The van der Waals surface area contributed by atoms with Crippen LogP contribution in [0.1, 0.15) is 52.7 Å². The Hall–Kier alpha value is -12.5. The molecule has 0 saturated carbocycles. The van der Waals surface area contributed by atoms with Gasteiger partial charge in [0.1, 0.15) is 0 Å². The van der Waals surface area contributed by atoms with E-state index in [-0.39, 0.29) is 10.8 Å². The monoisotopic (exact) mass is 1330 g/mol. The van der Waals surface area contributed by atoms with Gasteiger partial charge in [-0.2, -0.15) is 0 Å². The van der Waals surface area contributed by atoms with Gasteiger partial charge in [0.05, 0.1) is 0 Å². The Morgan fingerprint density at radius 1 is 0.144 bits per heavy atom. The van der Waals surface area contributed by atoms with Gasteiger partial charge in [-0.05, 0) is 234 Å². The minimum atomic E-state index is 0.111. The van der Waals surface area contributed by atoms with Crippen molar-refractivity contribution in [1.29, 1.82) is 0 Å². The van der Waals surface area contributed by atoms with Gasteiger partial charge in [-0.1, -0.05) is 381 Å². The van der Waals surface area contributed by atoms with Crippen molar-refractivity contribution in [3.05, 3.63) is 387 Å². The summed E-state index contributed by atoms with van der Waals surface area (Å²) in [7, 11) is 0. The Labute approximate surface area is 611 Å². The van der Waals surface area contributed by atoms with Gasteiger partial charge in [0.2, 0.25) is 0 Å². The Bertz CT molecular complexity index is 6130. The number of hydrogen-bond donors (Lipinski definition) is 0. The molecule has 0 fully saturated rings. The van der Waals surface area contributed by atoms with Crippen LogP contribution in [0.15, 0.2) is 376 Å². The SMILES string of the molecule is CC(C)(C)c1ccc(-c2c3ccccc3c(-c3ccc4cc(-c5cc(-c6ccccc6)ccc5-c5ccccc5)ccc4c3)c3ccccc23)cc1.CC(C)(C)c1ccc(-c2c3ccccc3c(-c3ccc4cc(-c5ccccc5-c5cccc(-c6ccccc6)c5)ccc4c3)c3ccccc23)cc1. The molecule has 104 heavy (non-hydrogen) atoms. The topological polar surface area (TPSA) is 0 Å². The smallest absolute Gasteiger partial charge is 0.00262 e. The van der Waals surface area contributed by atoms with Gasteiger partial charge < -0.3 is 0 Å². The molecular formula is C104H80. The second-order valence-electron chi connectivity index (χ2n) is 29.9. The van der Waals surface area contributed by atoms with E-state index in [0.717, 1.165) is 0 Å². The minimum absolute atomic E-state index is 0.111. The van der Waals surface area contributed by atoms with E-state index in [1.807, 2.05) is 0 Å². The van der Waals surface area contributed by atoms with Gasteiger partial charge in [0.25, 0.3) is 0 Å². The van der Waals surface area contributed by atoms with Crippen molar-refractivity contribution in [2.45, 2.75) is 52.4 Å². The van der Waals surface area contributed by atoms with E-state index >= 15 is 0 Å². The largest absolute Gasteiger partial charge is 0.0622 e. The van der Waals surface area contributed by atoms with Crippen LogP contribution in [-0.4, -0.2) is 0 Å². The molecule has 0 aromatic heterocycles. The van der Waals surface area contributed by atoms with Crippen LogP contribution < -0.4 is 0 Å². The quantitative estimate of drug-likeness (QED) is 0.120. The number of fused-ring (bicyclic) bond motifs is 6. The van der Waals surface area contributed by atoms with Crippen LogP contribution in [0.25, 0.3) is 176 Å². The van der Waals surface area contributed by atoms with E-state index in [1.54, 1.807) is 0 Å². The highest BCUT2D eigenvalue weighted by atomic mass is 14.3. The van der Waals surface area contributed by atoms with E-state index in [9.17, 15) is 0 Å². The highest BCUT2D eigenvalue weighted by Gasteiger charge is 2.22. The van der Waals surface area contributed by atoms with Gasteiger partial charge in [-0.3, -0.25) is 0 Å². The van der Waals surface area contributed by atoms with Crippen molar-refractivity contribution in [3.63, 3.8) is 0 Å². The molecule has 496 valence electrons. The fourth-order valence-corrected chi connectivity index (χ4v) is 15.9. The maximum Gasteiger partial charge on any atom is -0.00262 e. The predicted octanol–water partition coefficient (Wildman–Crippen LogP) is 29.6. The summed E-state index contributed by atoms with van der Waals surface area (Å²) in [6, 6.07) is 139. The molecule has 0 atom stereocenters. The summed E-state index contributed by atoms with van der Waals surface area (Å²) in [5.74, 6) is 0. The summed E-state index contributed by atoms with van der Waals surface area (Å²) < 4.78 is 0. The minimum Gasteiger partial charge on any atom is -0.0622 e. The third-order valence-electron chi connectivity index (χ3n) is 21.2. The third kappa shape index (κ3) is 12.4. The lowest BCUT2D eigenvalue weighted by Crippen LogP contribution is -2.10. The summed E-state index contributed by atoms with van der Waals surface area (Å²) >= 11 is 0. The van der Waals surface area contributed by atoms with Crippen molar-refractivity contribution in [2.75, 3.05) is 0 Å². The van der Waals surface area contributed by atoms with Crippen molar-refractivity contribution >= 4 is 64.6 Å². The van der Waals surface area contributed by atoms with E-state index in [0.29, 0.717) is 0 Å². The molecular weight excluding hydrogens is 1250 g/mol. The summed E-state index contributed by atoms with van der Waals surface area (Å²) in [5.41, 5.74) is 27.8. The molecule has 0 bridgehead atoms. The van der Waals surface area contributed by atoms with E-state index < -0.39 is 0 Å². The van der Waals surface area contributed by atoms with Gasteiger partial charge >= 0.3 is 0 Å². The lowest BCUT2D eigenvalue weighted by atomic mass is 9.83. The van der Waals surface area contributed by atoms with E-state index in [1.165, 1.54) is 187 Å². The maximum absolute atomic E-state index is 2.38. The van der Waals surface area contributed by atoms with Crippen LogP contribution in [0.3, 0.4) is 0 Å². The molecule has 0 aliphatic rings. The third-order valence-corrected chi connectivity index (χ3v) is 21.2. The Kier molecular flexibility index (Phi) is 16.9. The molecule has 18 rings (SSSR count). The molecule has 0 N–H and O–H groups in total. The van der Waals surface area contributed by atoms with Crippen molar-refractivity contribution in [3.8, 4) is 111 Å². The maximum atomic E-state index is 2.38. The number of benzene rings is 18. The van der Waals surface area contributed by atoms with Crippen LogP contribution >= 0.6 is 0 Å². The highest BCUT2D eigenvalue weighted by Crippen LogP contribution is 2.48. The van der Waals surface area contributed by atoms with Crippen LogP contribution in [0.2, 0.25) is 0 Å². The molecule has 0 unspecified atom stereocenters. The first-order chi connectivity index (χ1) is 50.8. The second-order valence-corrected chi connectivity index (χ2v) is 29.9. The van der Waals surface area contributed by atoms with Crippen LogP contribution in [-0.2, 0) is 10.8 Å². The zero-order valence-corrected chi connectivity index (χ0v) is 59.8. The Morgan fingerprint density at radius 3 is 0.769 bits per heavy atom. The van der Waals surface area contributed by atoms with Crippen molar-refractivity contribution in [1.82, 2.24) is 0 Å². The average Bonchev–Trinajstić information content (AvgIpc) is 0.753. The van der Waals surface area contributed by atoms with E-state index in [2.05, 4.69) is 418 Å². The molecule has 0 nitrogen and oxygen atoms in total. The fraction of sp³-hybridized carbons (Fsp3) is 0.0769. The van der Waals surface area contributed by atoms with Gasteiger partial charge in [0.15, 0.2) is 0 Å². The van der Waals surface area contributed by atoms with Gasteiger partial charge in [-0.15, -0.1) is 0 Å². The Balaban J connectivity index is 0.000000154. The molecule has 0 radical (unpaired) electrons. The zero-order valence-electron chi connectivity index (χ0n) is 59.8. The Morgan fingerprint density at radius 2 is 0.394 bits per heavy atom. The normalized spacial score (nSPS) is 11.8. The van der Waals surface area contributed by atoms with Gasteiger partial charge in [-0.25, -0.2) is 0 Å². The van der Waals surface area contributed by atoms with Crippen molar-refractivity contribution in [2.24, 2.45) is 0 Å². The first-order valence-corrected chi connectivity index (χ1v) is 36.5. The summed E-state index contributed by atoms with van der Waals surface area (Å²) in [6.45, 7) is 13.7. The van der Waals surface area contributed by atoms with Crippen LogP contribution in [0.5, 0.6) is 0 Å². The van der Waals surface area contributed by atoms with Crippen molar-refractivity contribution < 1.29 is 0 Å².